The highest BCUT2D eigenvalue weighted by molar-refractivity contribution is 7.99. The van der Waals surface area contributed by atoms with Crippen LogP contribution in [0.1, 0.15) is 0 Å². The molecule has 0 saturated heterocycles. The lowest BCUT2D eigenvalue weighted by Gasteiger charge is -2.08. The number of hydrogen-bond donors (Lipinski definition) is 1. The van der Waals surface area contributed by atoms with E-state index in [1.165, 1.54) is 11.8 Å². The summed E-state index contributed by atoms with van der Waals surface area (Å²) < 4.78 is 6.83. The van der Waals surface area contributed by atoms with E-state index < -0.39 is 0 Å². The summed E-state index contributed by atoms with van der Waals surface area (Å²) in [7, 11) is 1.58. The maximum atomic E-state index is 11.6. The fourth-order valence-electron chi connectivity index (χ4n) is 1.59. The van der Waals surface area contributed by atoms with Gasteiger partial charge < -0.3 is 10.1 Å². The molecular weight excluding hydrogens is 290 g/mol. The SMILES string of the molecule is C=CCNC(=O)CSc1nnnn1-c1ccccc1OC. The van der Waals surface area contributed by atoms with Crippen molar-refractivity contribution in [2.45, 2.75) is 5.16 Å². The smallest absolute Gasteiger partial charge is 0.230 e. The number of tetrazole rings is 1. The first-order valence-electron chi connectivity index (χ1n) is 6.18. The molecule has 1 aromatic carbocycles. The highest BCUT2D eigenvalue weighted by Crippen LogP contribution is 2.25. The van der Waals surface area contributed by atoms with Crippen molar-refractivity contribution in [3.63, 3.8) is 0 Å². The zero-order chi connectivity index (χ0) is 15.1. The number of nitrogens with one attached hydrogen (secondary N) is 1. The van der Waals surface area contributed by atoms with Crippen LogP contribution in [0.5, 0.6) is 5.75 Å². The second-order valence-corrected chi connectivity index (χ2v) is 4.87. The van der Waals surface area contributed by atoms with Gasteiger partial charge >= 0.3 is 0 Å². The maximum Gasteiger partial charge on any atom is 0.230 e. The van der Waals surface area contributed by atoms with Crippen LogP contribution in [0.3, 0.4) is 0 Å². The van der Waals surface area contributed by atoms with Gasteiger partial charge in [-0.05, 0) is 22.6 Å². The fourth-order valence-corrected chi connectivity index (χ4v) is 2.31. The Balaban J connectivity index is 2.12. The van der Waals surface area contributed by atoms with Crippen LogP contribution in [0, 0.1) is 0 Å². The molecule has 0 fully saturated rings. The van der Waals surface area contributed by atoms with Crippen molar-refractivity contribution in [1.29, 1.82) is 0 Å². The first kappa shape index (κ1) is 15.0. The molecule has 0 bridgehead atoms. The topological polar surface area (TPSA) is 81.9 Å². The molecule has 0 aliphatic heterocycles. The highest BCUT2D eigenvalue weighted by atomic mass is 32.2. The van der Waals surface area contributed by atoms with Gasteiger partial charge in [0.1, 0.15) is 11.4 Å². The molecule has 1 N–H and O–H groups in total. The van der Waals surface area contributed by atoms with Crippen LogP contribution in [0.25, 0.3) is 5.69 Å². The first-order valence-corrected chi connectivity index (χ1v) is 7.17. The number of methoxy groups -OCH3 is 1. The number of para-hydroxylation sites is 2. The molecule has 1 aromatic heterocycles. The number of ether oxygens (including phenoxy) is 1. The molecule has 110 valence electrons. The molecule has 0 spiro atoms. The minimum Gasteiger partial charge on any atom is -0.494 e. The number of aromatic nitrogens is 4. The van der Waals surface area contributed by atoms with E-state index in [0.717, 1.165) is 5.69 Å². The fraction of sp³-hybridized carbons (Fsp3) is 0.231. The normalized spacial score (nSPS) is 10.1. The van der Waals surface area contributed by atoms with Crippen LogP contribution in [0.15, 0.2) is 42.1 Å². The van der Waals surface area contributed by atoms with Gasteiger partial charge in [-0.15, -0.1) is 11.7 Å². The number of hydrogen-bond acceptors (Lipinski definition) is 6. The molecule has 0 unspecified atom stereocenters. The molecule has 8 heteroatoms. The second kappa shape index (κ2) is 7.44. The summed E-state index contributed by atoms with van der Waals surface area (Å²) >= 11 is 1.25. The summed E-state index contributed by atoms with van der Waals surface area (Å²) in [6.07, 6.45) is 1.63. The predicted molar refractivity (Wildman–Crippen MR) is 79.6 cm³/mol. The van der Waals surface area contributed by atoms with Crippen LogP contribution in [-0.4, -0.2) is 45.5 Å². The Bertz CT molecular complexity index is 629. The highest BCUT2D eigenvalue weighted by Gasteiger charge is 2.14. The molecule has 1 heterocycles. The average molecular weight is 305 g/mol. The Hall–Kier alpha value is -2.35. The van der Waals surface area contributed by atoms with Crippen molar-refractivity contribution in [2.75, 3.05) is 19.4 Å². The zero-order valence-corrected chi connectivity index (χ0v) is 12.3. The second-order valence-electron chi connectivity index (χ2n) is 3.93. The molecule has 0 aliphatic carbocycles. The van der Waals surface area contributed by atoms with Gasteiger partial charge in [0, 0.05) is 6.54 Å². The van der Waals surface area contributed by atoms with Gasteiger partial charge in [-0.2, -0.15) is 4.68 Å². The Morgan fingerprint density at radius 1 is 1.52 bits per heavy atom. The third-order valence-electron chi connectivity index (χ3n) is 2.53. The van der Waals surface area contributed by atoms with E-state index in [-0.39, 0.29) is 11.7 Å². The van der Waals surface area contributed by atoms with E-state index >= 15 is 0 Å². The summed E-state index contributed by atoms with van der Waals surface area (Å²) in [5.41, 5.74) is 0.721. The predicted octanol–water partition coefficient (Wildman–Crippen LogP) is 1.07. The molecule has 0 atom stereocenters. The van der Waals surface area contributed by atoms with Gasteiger partial charge in [-0.25, -0.2) is 0 Å². The van der Waals surface area contributed by atoms with Gasteiger partial charge in [0.2, 0.25) is 11.1 Å². The lowest BCUT2D eigenvalue weighted by molar-refractivity contribution is -0.118. The van der Waals surface area contributed by atoms with Crippen LogP contribution >= 0.6 is 11.8 Å². The van der Waals surface area contributed by atoms with Crippen molar-refractivity contribution in [3.8, 4) is 11.4 Å². The van der Waals surface area contributed by atoms with Crippen LogP contribution in [0.2, 0.25) is 0 Å². The first-order chi connectivity index (χ1) is 10.3. The Morgan fingerprint density at radius 3 is 3.10 bits per heavy atom. The Labute approximate surface area is 126 Å². The lowest BCUT2D eigenvalue weighted by Crippen LogP contribution is -2.25. The van der Waals surface area contributed by atoms with Crippen LogP contribution < -0.4 is 10.1 Å². The molecule has 0 radical (unpaired) electrons. The third-order valence-corrected chi connectivity index (χ3v) is 3.45. The van der Waals surface area contributed by atoms with E-state index in [1.807, 2.05) is 24.3 Å². The zero-order valence-electron chi connectivity index (χ0n) is 11.5. The summed E-state index contributed by atoms with van der Waals surface area (Å²) in [6, 6.07) is 7.40. The molecule has 2 rings (SSSR count). The number of carbonyl (C=O) groups is 1. The number of thioether (sulfide) groups is 1. The largest absolute Gasteiger partial charge is 0.494 e. The van der Waals surface area contributed by atoms with Crippen molar-refractivity contribution in [2.24, 2.45) is 0 Å². The lowest BCUT2D eigenvalue weighted by atomic mass is 10.3. The standard InChI is InChI=1S/C13H15N5O2S/c1-3-8-14-12(19)9-21-13-15-16-17-18(13)10-6-4-5-7-11(10)20-2/h3-7H,1,8-9H2,2H3,(H,14,19). The number of nitrogens with zero attached hydrogens (tertiary/aromatic N) is 4. The van der Waals surface area contributed by atoms with Gasteiger partial charge in [0.25, 0.3) is 0 Å². The van der Waals surface area contributed by atoms with Gasteiger partial charge in [0.05, 0.1) is 12.9 Å². The average Bonchev–Trinajstić information content (AvgIpc) is 2.99. The Kier molecular flexibility index (Phi) is 5.33. The summed E-state index contributed by atoms with van der Waals surface area (Å²) in [4.78, 5) is 11.6. The molecule has 21 heavy (non-hydrogen) atoms. The van der Waals surface area contributed by atoms with Crippen LogP contribution in [0.4, 0.5) is 0 Å². The molecule has 0 aliphatic rings. The Morgan fingerprint density at radius 2 is 2.33 bits per heavy atom. The van der Waals surface area contributed by atoms with Crippen molar-refractivity contribution >= 4 is 17.7 Å². The maximum absolute atomic E-state index is 11.6. The minimum absolute atomic E-state index is 0.102. The minimum atomic E-state index is -0.102. The van der Waals surface area contributed by atoms with Crippen LogP contribution in [-0.2, 0) is 4.79 Å². The molecule has 0 saturated carbocycles. The quantitative estimate of drug-likeness (QED) is 0.608. The number of benzene rings is 1. The number of amides is 1. The van der Waals surface area contributed by atoms with E-state index in [0.29, 0.717) is 17.5 Å². The van der Waals surface area contributed by atoms with Gasteiger partial charge in [0.15, 0.2) is 0 Å². The summed E-state index contributed by atoms with van der Waals surface area (Å²) in [6.45, 7) is 3.98. The van der Waals surface area contributed by atoms with Gasteiger partial charge in [-0.1, -0.05) is 30.0 Å². The summed E-state index contributed by atoms with van der Waals surface area (Å²) in [5.74, 6) is 0.779. The molecule has 1 amide bonds. The van der Waals surface area contributed by atoms with Gasteiger partial charge in [-0.3, -0.25) is 4.79 Å². The molecule has 7 nitrogen and oxygen atoms in total. The summed E-state index contributed by atoms with van der Waals surface area (Å²) in [5, 5.41) is 14.7. The number of carbonyl (C=O) groups excluding carboxylic acids is 1. The molecular formula is C13H15N5O2S. The monoisotopic (exact) mass is 305 g/mol. The van der Waals surface area contributed by atoms with E-state index in [9.17, 15) is 4.79 Å². The van der Waals surface area contributed by atoms with Crippen molar-refractivity contribution in [3.05, 3.63) is 36.9 Å². The third kappa shape index (κ3) is 3.82. The number of rotatable bonds is 7. The van der Waals surface area contributed by atoms with E-state index in [4.69, 9.17) is 4.74 Å². The van der Waals surface area contributed by atoms with E-state index in [2.05, 4.69) is 27.4 Å². The van der Waals surface area contributed by atoms with Crippen molar-refractivity contribution in [1.82, 2.24) is 25.5 Å². The van der Waals surface area contributed by atoms with E-state index in [1.54, 1.807) is 17.9 Å². The van der Waals surface area contributed by atoms with Crippen molar-refractivity contribution < 1.29 is 9.53 Å². The molecule has 2 aromatic rings.